The zero-order valence-electron chi connectivity index (χ0n) is 17.0. The molecule has 4 aromatic rings. The third-order valence-corrected chi connectivity index (χ3v) is 4.74. The average molecular weight is 419 g/mol. The number of benzene rings is 2. The molecule has 31 heavy (non-hydrogen) atoms. The molecule has 0 aliphatic rings. The second-order valence-electron chi connectivity index (χ2n) is 7.03. The summed E-state index contributed by atoms with van der Waals surface area (Å²) in [7, 11) is 0. The second-order valence-corrected chi connectivity index (χ2v) is 7.03. The number of aromatic nitrogens is 2. The Morgan fingerprint density at radius 3 is 2.52 bits per heavy atom. The van der Waals surface area contributed by atoms with Gasteiger partial charge in [-0.25, -0.2) is 4.39 Å². The van der Waals surface area contributed by atoms with Crippen LogP contribution < -0.4 is 10.1 Å². The number of furan rings is 1. The van der Waals surface area contributed by atoms with Crippen molar-refractivity contribution in [1.82, 2.24) is 9.78 Å². The maximum atomic E-state index is 13.0. The normalized spacial score (nSPS) is 10.8. The Morgan fingerprint density at radius 1 is 1.03 bits per heavy atom. The number of ether oxygens (including phenoxy) is 1. The van der Waals surface area contributed by atoms with Crippen LogP contribution in [0.2, 0.25) is 0 Å². The summed E-state index contributed by atoms with van der Waals surface area (Å²) in [6.45, 7) is 2.80. The fraction of sp³-hybridized carbons (Fsp3) is 0.167. The molecule has 6 nitrogen and oxygen atoms in total. The molecule has 4 rings (SSSR count). The van der Waals surface area contributed by atoms with Crippen molar-refractivity contribution in [3.8, 4) is 5.75 Å². The molecule has 0 aliphatic carbocycles. The first-order valence-electron chi connectivity index (χ1n) is 9.99. The molecule has 0 saturated heterocycles. The minimum atomic E-state index is -0.398. The number of anilines is 1. The fourth-order valence-corrected chi connectivity index (χ4v) is 3.02. The van der Waals surface area contributed by atoms with Crippen LogP contribution in [0.5, 0.6) is 5.75 Å². The van der Waals surface area contributed by atoms with Gasteiger partial charge in [-0.15, -0.1) is 0 Å². The Bertz CT molecular complexity index is 1150. The Labute approximate surface area is 179 Å². The third kappa shape index (κ3) is 5.39. The van der Waals surface area contributed by atoms with E-state index in [9.17, 15) is 9.18 Å². The van der Waals surface area contributed by atoms with Crippen molar-refractivity contribution in [3.05, 3.63) is 101 Å². The standard InChI is InChI=1S/C24H22FN3O3/c1-2-17-5-9-20(10-6-17)30-16-21-11-12-22(31-21)24(29)26-23-13-14-28(27-23)15-18-3-7-19(25)8-4-18/h3-14H,2,15-16H2,1H3,(H,26,27,29). The predicted molar refractivity (Wildman–Crippen MR) is 115 cm³/mol. The number of rotatable bonds is 8. The molecular formula is C24H22FN3O3. The van der Waals surface area contributed by atoms with E-state index in [4.69, 9.17) is 9.15 Å². The first-order chi connectivity index (χ1) is 15.1. The highest BCUT2D eigenvalue weighted by molar-refractivity contribution is 6.01. The highest BCUT2D eigenvalue weighted by Crippen LogP contribution is 2.17. The first-order valence-corrected chi connectivity index (χ1v) is 9.99. The van der Waals surface area contributed by atoms with Crippen LogP contribution in [0.3, 0.4) is 0 Å². The summed E-state index contributed by atoms with van der Waals surface area (Å²) in [6, 6.07) is 19.1. The highest BCUT2D eigenvalue weighted by Gasteiger charge is 2.13. The van der Waals surface area contributed by atoms with Gasteiger partial charge in [0.1, 0.15) is 23.9 Å². The molecule has 0 aliphatic heterocycles. The number of nitrogens with zero attached hydrogens (tertiary/aromatic N) is 2. The summed E-state index contributed by atoms with van der Waals surface area (Å²) in [5.74, 6) is 1.18. The highest BCUT2D eigenvalue weighted by atomic mass is 19.1. The Balaban J connectivity index is 1.31. The molecule has 1 N–H and O–H groups in total. The lowest BCUT2D eigenvalue weighted by Gasteiger charge is -2.05. The molecule has 0 bridgehead atoms. The largest absolute Gasteiger partial charge is 0.486 e. The van der Waals surface area contributed by atoms with Gasteiger partial charge < -0.3 is 14.5 Å². The molecule has 0 radical (unpaired) electrons. The molecule has 1 amide bonds. The molecule has 0 saturated carbocycles. The van der Waals surface area contributed by atoms with Gasteiger partial charge in [0.15, 0.2) is 11.6 Å². The molecule has 2 heterocycles. The monoisotopic (exact) mass is 419 g/mol. The van der Waals surface area contributed by atoms with Gasteiger partial charge in [-0.1, -0.05) is 31.2 Å². The molecular weight excluding hydrogens is 397 g/mol. The second kappa shape index (κ2) is 9.30. The lowest BCUT2D eigenvalue weighted by atomic mass is 10.2. The van der Waals surface area contributed by atoms with Gasteiger partial charge in [0.2, 0.25) is 0 Å². The molecule has 2 aromatic carbocycles. The van der Waals surface area contributed by atoms with Gasteiger partial charge in [0.25, 0.3) is 5.91 Å². The number of amides is 1. The molecule has 2 aromatic heterocycles. The summed E-state index contributed by atoms with van der Waals surface area (Å²) in [6.07, 6.45) is 2.71. The third-order valence-electron chi connectivity index (χ3n) is 4.74. The molecule has 0 atom stereocenters. The smallest absolute Gasteiger partial charge is 0.292 e. The SMILES string of the molecule is CCc1ccc(OCc2ccc(C(=O)Nc3ccn(Cc4ccc(F)cc4)n3)o2)cc1. The van der Waals surface area contributed by atoms with E-state index >= 15 is 0 Å². The Hall–Kier alpha value is -3.87. The number of hydrogen-bond donors (Lipinski definition) is 1. The number of aryl methyl sites for hydroxylation is 1. The van der Waals surface area contributed by atoms with Gasteiger partial charge in [0.05, 0.1) is 6.54 Å². The van der Waals surface area contributed by atoms with Crippen LogP contribution in [-0.4, -0.2) is 15.7 Å². The Morgan fingerprint density at radius 2 is 1.77 bits per heavy atom. The van der Waals surface area contributed by atoms with Crippen molar-refractivity contribution in [1.29, 1.82) is 0 Å². The maximum Gasteiger partial charge on any atom is 0.292 e. The van der Waals surface area contributed by atoms with Gasteiger partial charge in [-0.05, 0) is 53.9 Å². The van der Waals surface area contributed by atoms with Crippen LogP contribution >= 0.6 is 0 Å². The lowest BCUT2D eigenvalue weighted by molar-refractivity contribution is 0.0992. The van der Waals surface area contributed by atoms with E-state index in [-0.39, 0.29) is 18.2 Å². The summed E-state index contributed by atoms with van der Waals surface area (Å²) in [5.41, 5.74) is 2.15. The molecule has 7 heteroatoms. The average Bonchev–Trinajstić information content (AvgIpc) is 3.44. The van der Waals surface area contributed by atoms with Crippen LogP contribution in [0.1, 0.15) is 34.4 Å². The van der Waals surface area contributed by atoms with Crippen LogP contribution in [0, 0.1) is 5.82 Å². The van der Waals surface area contributed by atoms with Crippen LogP contribution in [0.15, 0.2) is 77.3 Å². The fourth-order valence-electron chi connectivity index (χ4n) is 3.02. The van der Waals surface area contributed by atoms with Crippen molar-refractivity contribution < 1.29 is 18.3 Å². The summed E-state index contributed by atoms with van der Waals surface area (Å²) < 4.78 is 26.0. The summed E-state index contributed by atoms with van der Waals surface area (Å²) in [5, 5.41) is 7.02. The molecule has 0 unspecified atom stereocenters. The zero-order valence-corrected chi connectivity index (χ0v) is 17.0. The van der Waals surface area contributed by atoms with Crippen LogP contribution in [0.25, 0.3) is 0 Å². The minimum Gasteiger partial charge on any atom is -0.486 e. The van der Waals surface area contributed by atoms with E-state index in [2.05, 4.69) is 17.3 Å². The van der Waals surface area contributed by atoms with Gasteiger partial charge in [0, 0.05) is 12.3 Å². The number of carbonyl (C=O) groups is 1. The predicted octanol–water partition coefficient (Wildman–Crippen LogP) is 5.06. The van der Waals surface area contributed by atoms with E-state index in [1.165, 1.54) is 17.7 Å². The van der Waals surface area contributed by atoms with Gasteiger partial charge in [-0.2, -0.15) is 5.10 Å². The van der Waals surface area contributed by atoms with Crippen LogP contribution in [-0.2, 0) is 19.6 Å². The topological polar surface area (TPSA) is 69.3 Å². The van der Waals surface area contributed by atoms with Crippen molar-refractivity contribution in [2.24, 2.45) is 0 Å². The van der Waals surface area contributed by atoms with Crippen molar-refractivity contribution in [2.45, 2.75) is 26.5 Å². The number of nitrogens with one attached hydrogen (secondary N) is 1. The molecule has 0 fully saturated rings. The quantitative estimate of drug-likeness (QED) is 0.434. The number of halogens is 1. The van der Waals surface area contributed by atoms with Crippen LogP contribution in [0.4, 0.5) is 10.2 Å². The number of carbonyl (C=O) groups excluding carboxylic acids is 1. The van der Waals surface area contributed by atoms with Crippen molar-refractivity contribution >= 4 is 11.7 Å². The van der Waals surface area contributed by atoms with E-state index < -0.39 is 5.91 Å². The summed E-state index contributed by atoms with van der Waals surface area (Å²) in [4.78, 5) is 12.4. The van der Waals surface area contributed by atoms with E-state index in [1.807, 2.05) is 24.3 Å². The van der Waals surface area contributed by atoms with Gasteiger partial charge in [-0.3, -0.25) is 9.48 Å². The minimum absolute atomic E-state index is 0.174. The molecule has 158 valence electrons. The lowest BCUT2D eigenvalue weighted by Crippen LogP contribution is -2.12. The maximum absolute atomic E-state index is 13.0. The number of hydrogen-bond acceptors (Lipinski definition) is 4. The zero-order chi connectivity index (χ0) is 21.6. The van der Waals surface area contributed by atoms with E-state index in [0.29, 0.717) is 18.1 Å². The Kier molecular flexibility index (Phi) is 6.12. The van der Waals surface area contributed by atoms with Gasteiger partial charge >= 0.3 is 0 Å². The summed E-state index contributed by atoms with van der Waals surface area (Å²) >= 11 is 0. The van der Waals surface area contributed by atoms with E-state index in [1.54, 1.807) is 41.2 Å². The first kappa shape index (κ1) is 20.4. The van der Waals surface area contributed by atoms with Crippen molar-refractivity contribution in [2.75, 3.05) is 5.32 Å². The van der Waals surface area contributed by atoms with Crippen molar-refractivity contribution in [3.63, 3.8) is 0 Å². The molecule has 0 spiro atoms. The van der Waals surface area contributed by atoms with E-state index in [0.717, 1.165) is 17.7 Å².